The van der Waals surface area contributed by atoms with Gasteiger partial charge in [-0.15, -0.1) is 0 Å². The molecule has 0 spiro atoms. The molecule has 1 atom stereocenters. The topological polar surface area (TPSA) is 29.4 Å². The van der Waals surface area contributed by atoms with E-state index in [1.165, 1.54) is 19.3 Å². The standard InChI is InChI=1S/C10H21NO/c1-4-5-6-7-8-10(11-12)9(2)3/h9-10H,4-8H2,1-3H3. The summed E-state index contributed by atoms with van der Waals surface area (Å²) < 4.78 is 0. The van der Waals surface area contributed by atoms with Gasteiger partial charge in [0.1, 0.15) is 0 Å². The van der Waals surface area contributed by atoms with Gasteiger partial charge in [0.15, 0.2) is 0 Å². The van der Waals surface area contributed by atoms with Crippen molar-refractivity contribution in [3.8, 4) is 0 Å². The lowest BCUT2D eigenvalue weighted by Gasteiger charge is -2.11. The molecule has 1 unspecified atom stereocenters. The Morgan fingerprint density at radius 2 is 1.83 bits per heavy atom. The summed E-state index contributed by atoms with van der Waals surface area (Å²) in [4.78, 5) is 10.4. The Bertz CT molecular complexity index is 112. The van der Waals surface area contributed by atoms with E-state index in [4.69, 9.17) is 0 Å². The smallest absolute Gasteiger partial charge is 0.0942 e. The van der Waals surface area contributed by atoms with Gasteiger partial charge in [0.05, 0.1) is 6.04 Å². The molecule has 2 heteroatoms. The predicted molar refractivity (Wildman–Crippen MR) is 53.2 cm³/mol. The summed E-state index contributed by atoms with van der Waals surface area (Å²) in [5.74, 6) is 0.407. The SMILES string of the molecule is CCCCCCC(N=O)C(C)C. The molecule has 0 rings (SSSR count). The minimum absolute atomic E-state index is 0.0434. The molecule has 0 aromatic carbocycles. The first-order valence-corrected chi connectivity index (χ1v) is 5.04. The summed E-state index contributed by atoms with van der Waals surface area (Å²) in [5, 5.41) is 3.14. The van der Waals surface area contributed by atoms with E-state index in [1.807, 2.05) is 0 Å². The Morgan fingerprint density at radius 1 is 1.17 bits per heavy atom. The van der Waals surface area contributed by atoms with Crippen LogP contribution < -0.4 is 0 Å². The lowest BCUT2D eigenvalue weighted by Crippen LogP contribution is -2.11. The molecule has 0 radical (unpaired) electrons. The summed E-state index contributed by atoms with van der Waals surface area (Å²) in [6.07, 6.45) is 5.91. The van der Waals surface area contributed by atoms with Gasteiger partial charge in [0, 0.05) is 0 Å². The largest absolute Gasteiger partial charge is 0.151 e. The van der Waals surface area contributed by atoms with Crippen LogP contribution in [0.4, 0.5) is 0 Å². The van der Waals surface area contributed by atoms with Gasteiger partial charge < -0.3 is 0 Å². The van der Waals surface area contributed by atoms with Crippen LogP contribution in [0.25, 0.3) is 0 Å². The minimum atomic E-state index is 0.0434. The maximum Gasteiger partial charge on any atom is 0.0942 e. The van der Waals surface area contributed by atoms with E-state index >= 15 is 0 Å². The second-order valence-electron chi connectivity index (χ2n) is 3.77. The van der Waals surface area contributed by atoms with E-state index in [0.29, 0.717) is 5.92 Å². The Hall–Kier alpha value is -0.400. The second kappa shape index (κ2) is 7.26. The van der Waals surface area contributed by atoms with E-state index in [1.54, 1.807) is 0 Å². The van der Waals surface area contributed by atoms with Gasteiger partial charge >= 0.3 is 0 Å². The first kappa shape index (κ1) is 11.6. The van der Waals surface area contributed by atoms with Crippen LogP contribution in [0.2, 0.25) is 0 Å². The summed E-state index contributed by atoms with van der Waals surface area (Å²) in [5.41, 5.74) is 0. The van der Waals surface area contributed by atoms with Crippen LogP contribution in [0, 0.1) is 10.8 Å². The molecule has 0 aromatic rings. The van der Waals surface area contributed by atoms with Gasteiger partial charge in [0.25, 0.3) is 0 Å². The van der Waals surface area contributed by atoms with Gasteiger partial charge in [0.2, 0.25) is 0 Å². The third kappa shape index (κ3) is 5.28. The first-order chi connectivity index (χ1) is 5.72. The van der Waals surface area contributed by atoms with E-state index in [2.05, 4.69) is 25.9 Å². The number of rotatable bonds is 7. The van der Waals surface area contributed by atoms with Gasteiger partial charge in [-0.05, 0) is 12.3 Å². The molecule has 0 amide bonds. The molecule has 0 N–H and O–H groups in total. The highest BCUT2D eigenvalue weighted by atomic mass is 16.3. The molecule has 0 saturated heterocycles. The van der Waals surface area contributed by atoms with Crippen molar-refractivity contribution in [1.82, 2.24) is 0 Å². The summed E-state index contributed by atoms with van der Waals surface area (Å²) in [7, 11) is 0. The molecule has 2 nitrogen and oxygen atoms in total. The van der Waals surface area contributed by atoms with Crippen LogP contribution in [0.15, 0.2) is 5.18 Å². The Morgan fingerprint density at radius 3 is 2.25 bits per heavy atom. The summed E-state index contributed by atoms with van der Waals surface area (Å²) >= 11 is 0. The van der Waals surface area contributed by atoms with Crippen molar-refractivity contribution in [3.05, 3.63) is 4.91 Å². The van der Waals surface area contributed by atoms with Crippen molar-refractivity contribution in [1.29, 1.82) is 0 Å². The molecular formula is C10H21NO. The van der Waals surface area contributed by atoms with E-state index in [9.17, 15) is 4.91 Å². The van der Waals surface area contributed by atoms with Gasteiger partial charge in [-0.2, -0.15) is 4.91 Å². The predicted octanol–water partition coefficient (Wildman–Crippen LogP) is 3.75. The molecule has 0 saturated carbocycles. The van der Waals surface area contributed by atoms with Crippen LogP contribution >= 0.6 is 0 Å². The van der Waals surface area contributed by atoms with Crippen molar-refractivity contribution in [2.75, 3.05) is 0 Å². The fourth-order valence-corrected chi connectivity index (χ4v) is 1.29. The van der Waals surface area contributed by atoms with Crippen LogP contribution in [0.1, 0.15) is 52.9 Å². The second-order valence-corrected chi connectivity index (χ2v) is 3.77. The highest BCUT2D eigenvalue weighted by Crippen LogP contribution is 2.14. The molecule has 0 aliphatic heterocycles. The number of nitrogens with zero attached hydrogens (tertiary/aromatic N) is 1. The van der Waals surface area contributed by atoms with Crippen molar-refractivity contribution < 1.29 is 0 Å². The van der Waals surface area contributed by atoms with Gasteiger partial charge in [-0.3, -0.25) is 0 Å². The number of hydrogen-bond acceptors (Lipinski definition) is 2. The third-order valence-corrected chi connectivity index (χ3v) is 2.26. The third-order valence-electron chi connectivity index (χ3n) is 2.26. The monoisotopic (exact) mass is 171 g/mol. The molecule has 0 fully saturated rings. The normalized spacial score (nSPS) is 13.3. The zero-order valence-electron chi connectivity index (χ0n) is 8.55. The molecular weight excluding hydrogens is 150 g/mol. The Kier molecular flexibility index (Phi) is 7.02. The highest BCUT2D eigenvalue weighted by molar-refractivity contribution is 4.68. The zero-order chi connectivity index (χ0) is 9.40. The first-order valence-electron chi connectivity index (χ1n) is 5.04. The number of hydrogen-bond donors (Lipinski definition) is 0. The fraction of sp³-hybridized carbons (Fsp3) is 1.00. The Labute approximate surface area is 75.7 Å². The van der Waals surface area contributed by atoms with Crippen molar-refractivity contribution in [2.24, 2.45) is 11.1 Å². The zero-order valence-corrected chi connectivity index (χ0v) is 8.55. The average molecular weight is 171 g/mol. The number of nitroso groups, excluding NO2 is 1. The van der Waals surface area contributed by atoms with Crippen LogP contribution in [0.5, 0.6) is 0 Å². The molecule has 12 heavy (non-hydrogen) atoms. The van der Waals surface area contributed by atoms with Crippen LogP contribution in [0.3, 0.4) is 0 Å². The lowest BCUT2D eigenvalue weighted by molar-refractivity contribution is 0.441. The van der Waals surface area contributed by atoms with Crippen molar-refractivity contribution in [3.63, 3.8) is 0 Å². The van der Waals surface area contributed by atoms with Crippen molar-refractivity contribution >= 4 is 0 Å². The minimum Gasteiger partial charge on any atom is -0.151 e. The van der Waals surface area contributed by atoms with Crippen LogP contribution in [-0.4, -0.2) is 6.04 Å². The average Bonchev–Trinajstić information content (AvgIpc) is 2.04. The quantitative estimate of drug-likeness (QED) is 0.423. The fourth-order valence-electron chi connectivity index (χ4n) is 1.29. The van der Waals surface area contributed by atoms with Gasteiger partial charge in [-0.25, -0.2) is 0 Å². The Balaban J connectivity index is 3.38. The maximum atomic E-state index is 10.4. The molecule has 0 aliphatic carbocycles. The van der Waals surface area contributed by atoms with E-state index in [-0.39, 0.29) is 6.04 Å². The van der Waals surface area contributed by atoms with Gasteiger partial charge in [-0.1, -0.05) is 51.6 Å². The van der Waals surface area contributed by atoms with E-state index < -0.39 is 0 Å². The molecule has 0 heterocycles. The molecule has 0 aromatic heterocycles. The summed E-state index contributed by atoms with van der Waals surface area (Å²) in [6.45, 7) is 6.32. The molecule has 0 aliphatic rings. The van der Waals surface area contributed by atoms with Crippen LogP contribution in [-0.2, 0) is 0 Å². The highest BCUT2D eigenvalue weighted by Gasteiger charge is 2.12. The number of unbranched alkanes of at least 4 members (excludes halogenated alkanes) is 3. The van der Waals surface area contributed by atoms with E-state index in [0.717, 1.165) is 12.8 Å². The van der Waals surface area contributed by atoms with Crippen molar-refractivity contribution in [2.45, 2.75) is 58.9 Å². The molecule has 72 valence electrons. The molecule has 0 bridgehead atoms. The maximum absolute atomic E-state index is 10.4. The summed E-state index contributed by atoms with van der Waals surface area (Å²) in [6, 6.07) is 0.0434. The lowest BCUT2D eigenvalue weighted by atomic mass is 9.99.